The molecule has 0 amide bonds. The van der Waals surface area contributed by atoms with Crippen LogP contribution in [-0.4, -0.2) is 12.9 Å². The fraction of sp³-hybridized carbons (Fsp3) is 0.421. The second-order valence-corrected chi connectivity index (χ2v) is 6.23. The molecule has 0 aromatic heterocycles. The number of carbonyl (C=O) groups is 1. The van der Waals surface area contributed by atoms with Gasteiger partial charge >= 0.3 is 0 Å². The molecule has 0 spiro atoms. The lowest BCUT2D eigenvalue weighted by Gasteiger charge is -2.35. The van der Waals surface area contributed by atoms with Gasteiger partial charge in [-0.15, -0.1) is 6.58 Å². The Morgan fingerprint density at radius 2 is 2.24 bits per heavy atom. The molecule has 0 heterocycles. The van der Waals surface area contributed by atoms with E-state index in [9.17, 15) is 4.79 Å². The zero-order valence-electron chi connectivity index (χ0n) is 12.9. The molecule has 1 aromatic carbocycles. The van der Waals surface area contributed by atoms with E-state index < -0.39 is 0 Å². The maximum Gasteiger partial charge on any atom is 0.158 e. The van der Waals surface area contributed by atoms with Crippen LogP contribution in [0.1, 0.15) is 43.7 Å². The Balaban J connectivity index is 2.14. The van der Waals surface area contributed by atoms with Gasteiger partial charge in [-0.3, -0.25) is 4.79 Å². The maximum atomic E-state index is 12.2. The largest absolute Gasteiger partial charge is 0.497 e. The van der Waals surface area contributed by atoms with Crippen molar-refractivity contribution >= 4 is 11.4 Å². The summed E-state index contributed by atoms with van der Waals surface area (Å²) >= 11 is 0. The average Bonchev–Trinajstić information content (AvgIpc) is 2.83. The Labute approximate surface area is 126 Å². The number of Topliss-reactive ketones (excluding diaryl/α,β-unsaturated/α-hetero) is 1. The van der Waals surface area contributed by atoms with Crippen LogP contribution in [0.25, 0.3) is 5.57 Å². The molecule has 0 aliphatic heterocycles. The minimum Gasteiger partial charge on any atom is -0.497 e. The van der Waals surface area contributed by atoms with Crippen LogP contribution >= 0.6 is 0 Å². The first-order chi connectivity index (χ1) is 10.1. The number of fused-ring (bicyclic) bond motifs is 3. The Kier molecular flexibility index (Phi) is 3.48. The second-order valence-electron chi connectivity index (χ2n) is 6.23. The lowest BCUT2D eigenvalue weighted by Crippen LogP contribution is -2.27. The van der Waals surface area contributed by atoms with Gasteiger partial charge in [0, 0.05) is 11.8 Å². The van der Waals surface area contributed by atoms with Gasteiger partial charge in [-0.1, -0.05) is 12.1 Å². The molecule has 0 N–H and O–H groups in total. The van der Waals surface area contributed by atoms with Gasteiger partial charge in [0.05, 0.1) is 7.11 Å². The number of hydrogen-bond donors (Lipinski definition) is 0. The van der Waals surface area contributed by atoms with Gasteiger partial charge in [-0.05, 0) is 67.0 Å². The zero-order chi connectivity index (χ0) is 15.0. The van der Waals surface area contributed by atoms with Crippen LogP contribution in [0.2, 0.25) is 0 Å². The molecular weight excluding hydrogens is 260 g/mol. The third-order valence-electron chi connectivity index (χ3n) is 5.09. The molecule has 2 aliphatic carbocycles. The number of allylic oxidation sites excluding steroid dienone is 3. The Morgan fingerprint density at radius 3 is 2.95 bits per heavy atom. The quantitative estimate of drug-likeness (QED) is 0.768. The molecular formula is C19H22O2. The van der Waals surface area contributed by atoms with Gasteiger partial charge in [0.15, 0.2) is 5.78 Å². The number of hydrogen-bond acceptors (Lipinski definition) is 2. The first-order valence-corrected chi connectivity index (χ1v) is 7.64. The van der Waals surface area contributed by atoms with Gasteiger partial charge < -0.3 is 4.74 Å². The van der Waals surface area contributed by atoms with Crippen molar-refractivity contribution in [2.75, 3.05) is 7.11 Å². The molecule has 0 saturated heterocycles. The van der Waals surface area contributed by atoms with Crippen LogP contribution in [0, 0.1) is 5.41 Å². The Bertz CT molecular complexity index is 639. The highest BCUT2D eigenvalue weighted by molar-refractivity contribution is 6.06. The molecule has 0 fully saturated rings. The lowest BCUT2D eigenvalue weighted by molar-refractivity contribution is -0.116. The van der Waals surface area contributed by atoms with E-state index in [1.807, 2.05) is 19.1 Å². The van der Waals surface area contributed by atoms with Crippen molar-refractivity contribution in [1.29, 1.82) is 0 Å². The van der Waals surface area contributed by atoms with E-state index in [0.717, 1.165) is 37.0 Å². The van der Waals surface area contributed by atoms with Crippen LogP contribution in [0.4, 0.5) is 0 Å². The molecule has 0 bridgehead atoms. The van der Waals surface area contributed by atoms with Gasteiger partial charge in [0.25, 0.3) is 0 Å². The second kappa shape index (κ2) is 5.18. The monoisotopic (exact) mass is 282 g/mol. The van der Waals surface area contributed by atoms with Crippen LogP contribution in [0.3, 0.4) is 0 Å². The highest BCUT2D eigenvalue weighted by Crippen LogP contribution is 2.56. The van der Waals surface area contributed by atoms with Gasteiger partial charge in [-0.25, -0.2) is 0 Å². The van der Waals surface area contributed by atoms with Crippen molar-refractivity contribution in [3.63, 3.8) is 0 Å². The van der Waals surface area contributed by atoms with Crippen LogP contribution in [0.5, 0.6) is 5.75 Å². The molecule has 110 valence electrons. The number of carbonyl (C=O) groups excluding carboxylic acids is 1. The van der Waals surface area contributed by atoms with Crippen molar-refractivity contribution < 1.29 is 9.53 Å². The minimum absolute atomic E-state index is 0.126. The molecule has 1 atom stereocenters. The molecule has 2 aliphatic rings. The molecule has 0 saturated carbocycles. The van der Waals surface area contributed by atoms with Crippen molar-refractivity contribution in [1.82, 2.24) is 0 Å². The number of ether oxygens (including phenoxy) is 1. The highest BCUT2D eigenvalue weighted by atomic mass is 16.5. The number of benzene rings is 1. The highest BCUT2D eigenvalue weighted by Gasteiger charge is 2.45. The summed E-state index contributed by atoms with van der Waals surface area (Å²) in [4.78, 5) is 12.2. The van der Waals surface area contributed by atoms with Gasteiger partial charge in [0.2, 0.25) is 0 Å². The summed E-state index contributed by atoms with van der Waals surface area (Å²) in [5.74, 6) is 1.21. The van der Waals surface area contributed by atoms with E-state index in [1.165, 1.54) is 16.7 Å². The van der Waals surface area contributed by atoms with Crippen molar-refractivity contribution in [2.45, 2.75) is 39.0 Å². The summed E-state index contributed by atoms with van der Waals surface area (Å²) in [7, 11) is 1.70. The third kappa shape index (κ3) is 2.14. The molecule has 1 aromatic rings. The molecule has 3 rings (SSSR count). The van der Waals surface area contributed by atoms with E-state index >= 15 is 0 Å². The van der Waals surface area contributed by atoms with E-state index in [4.69, 9.17) is 4.74 Å². The minimum atomic E-state index is 0.126. The van der Waals surface area contributed by atoms with Crippen LogP contribution in [-0.2, 0) is 11.2 Å². The van der Waals surface area contributed by atoms with Crippen molar-refractivity contribution in [3.05, 3.63) is 47.6 Å². The Morgan fingerprint density at radius 1 is 1.43 bits per heavy atom. The van der Waals surface area contributed by atoms with Gasteiger partial charge in [-0.2, -0.15) is 0 Å². The molecule has 2 heteroatoms. The molecule has 2 nitrogen and oxygen atoms in total. The number of methoxy groups -OCH3 is 1. The fourth-order valence-corrected chi connectivity index (χ4v) is 4.04. The molecule has 0 radical (unpaired) electrons. The lowest BCUT2D eigenvalue weighted by atomic mass is 9.67. The smallest absolute Gasteiger partial charge is 0.158 e. The van der Waals surface area contributed by atoms with E-state index in [-0.39, 0.29) is 5.41 Å². The summed E-state index contributed by atoms with van der Waals surface area (Å²) in [5.41, 5.74) is 4.96. The topological polar surface area (TPSA) is 26.3 Å². The van der Waals surface area contributed by atoms with Gasteiger partial charge in [0.1, 0.15) is 5.75 Å². The third-order valence-corrected chi connectivity index (χ3v) is 5.09. The van der Waals surface area contributed by atoms with E-state index in [1.54, 1.807) is 7.11 Å². The summed E-state index contributed by atoms with van der Waals surface area (Å²) in [5, 5.41) is 0. The van der Waals surface area contributed by atoms with Crippen molar-refractivity contribution in [3.8, 4) is 5.75 Å². The average molecular weight is 282 g/mol. The number of ketones is 1. The summed E-state index contributed by atoms with van der Waals surface area (Å²) < 4.78 is 5.36. The Hall–Kier alpha value is -1.83. The van der Waals surface area contributed by atoms with Crippen LogP contribution in [0.15, 0.2) is 36.4 Å². The number of rotatable bonds is 4. The normalized spacial score (nSPS) is 23.8. The molecule has 21 heavy (non-hydrogen) atoms. The molecule has 1 unspecified atom stereocenters. The maximum absolute atomic E-state index is 12.2. The summed E-state index contributed by atoms with van der Waals surface area (Å²) in [6.07, 6.45) is 6.72. The summed E-state index contributed by atoms with van der Waals surface area (Å²) in [6, 6.07) is 6.26. The van der Waals surface area contributed by atoms with E-state index in [2.05, 4.69) is 18.7 Å². The van der Waals surface area contributed by atoms with Crippen molar-refractivity contribution in [2.24, 2.45) is 5.41 Å². The first-order valence-electron chi connectivity index (χ1n) is 7.64. The SMILES string of the molecule is C=CCCC12CCC(=O)C(C)=C1c1ccc(OC)cc1C2. The predicted molar refractivity (Wildman–Crippen MR) is 85.4 cm³/mol. The first kappa shape index (κ1) is 14.1. The standard InChI is InChI=1S/C19H22O2/c1-4-5-9-19-10-8-17(20)13(2)18(19)16-7-6-15(21-3)11-14(16)12-19/h4,6-7,11H,1,5,8-10,12H2,2-3H3. The van der Waals surface area contributed by atoms with Crippen LogP contribution < -0.4 is 4.74 Å². The predicted octanol–water partition coefficient (Wildman–Crippen LogP) is 4.34. The zero-order valence-corrected chi connectivity index (χ0v) is 12.9. The van der Waals surface area contributed by atoms with E-state index in [0.29, 0.717) is 12.2 Å². The fourth-order valence-electron chi connectivity index (χ4n) is 4.04. The summed E-state index contributed by atoms with van der Waals surface area (Å²) in [6.45, 7) is 5.86.